The Bertz CT molecular complexity index is 549. The molecule has 1 atom stereocenters. The lowest BCUT2D eigenvalue weighted by atomic mass is 10.1. The maximum Gasteiger partial charge on any atom is 0.125 e. The van der Waals surface area contributed by atoms with Crippen LogP contribution < -0.4 is 5.73 Å². The van der Waals surface area contributed by atoms with Gasteiger partial charge in [0.05, 0.1) is 12.2 Å². The number of anilines is 1. The highest BCUT2D eigenvalue weighted by Gasteiger charge is 2.15. The first-order valence-corrected chi connectivity index (χ1v) is 6.01. The number of hydrogen-bond donors (Lipinski definition) is 1. The molecule has 2 aromatic rings. The summed E-state index contributed by atoms with van der Waals surface area (Å²) in [4.78, 5) is 0. The number of aromatic nitrogens is 2. The van der Waals surface area contributed by atoms with Crippen LogP contribution in [0.4, 0.5) is 5.82 Å². The number of aryl methyl sites for hydroxylation is 1. The normalized spacial score (nSPS) is 12.7. The van der Waals surface area contributed by atoms with Crippen molar-refractivity contribution in [2.45, 2.75) is 19.9 Å². The molecule has 0 amide bonds. The zero-order valence-corrected chi connectivity index (χ0v) is 11.1. The smallest absolute Gasteiger partial charge is 0.125 e. The van der Waals surface area contributed by atoms with Gasteiger partial charge in [-0.3, -0.25) is 0 Å². The van der Waals surface area contributed by atoms with E-state index in [1.807, 2.05) is 26.0 Å². The summed E-state index contributed by atoms with van der Waals surface area (Å²) in [5.74, 6) is 0.656. The number of benzene rings is 1. The van der Waals surface area contributed by atoms with Crippen LogP contribution in [0.1, 0.15) is 24.1 Å². The summed E-state index contributed by atoms with van der Waals surface area (Å²) in [5.41, 5.74) is 7.86. The van der Waals surface area contributed by atoms with Gasteiger partial charge in [0.1, 0.15) is 5.82 Å². The Kier molecular flexibility index (Phi) is 3.31. The second kappa shape index (κ2) is 4.59. The zero-order valence-electron chi connectivity index (χ0n) is 9.61. The fourth-order valence-corrected chi connectivity index (χ4v) is 2.30. The van der Waals surface area contributed by atoms with Crippen molar-refractivity contribution >= 4 is 29.0 Å². The molecular weight excluding hydrogens is 257 g/mol. The van der Waals surface area contributed by atoms with E-state index in [0.29, 0.717) is 15.9 Å². The molecule has 1 aromatic carbocycles. The molecule has 0 radical (unpaired) electrons. The molecule has 0 aliphatic heterocycles. The third-order valence-corrected chi connectivity index (χ3v) is 3.37. The summed E-state index contributed by atoms with van der Waals surface area (Å²) in [6, 6.07) is 5.41. The van der Waals surface area contributed by atoms with Crippen LogP contribution in [0.3, 0.4) is 0 Å². The first-order valence-electron chi connectivity index (χ1n) is 5.25. The highest BCUT2D eigenvalue weighted by Crippen LogP contribution is 2.29. The highest BCUT2D eigenvalue weighted by atomic mass is 35.5. The summed E-state index contributed by atoms with van der Waals surface area (Å²) in [6.07, 6.45) is 1.75. The van der Waals surface area contributed by atoms with Crippen molar-refractivity contribution in [2.24, 2.45) is 0 Å². The molecule has 90 valence electrons. The summed E-state index contributed by atoms with van der Waals surface area (Å²) in [5, 5.41) is 5.50. The number of nitrogen functional groups attached to an aromatic ring is 1. The quantitative estimate of drug-likeness (QED) is 0.904. The van der Waals surface area contributed by atoms with E-state index in [1.165, 1.54) is 0 Å². The molecule has 1 aromatic heterocycles. The fraction of sp³-hybridized carbons (Fsp3) is 0.250. The molecule has 0 saturated carbocycles. The topological polar surface area (TPSA) is 43.8 Å². The van der Waals surface area contributed by atoms with Crippen LogP contribution in [-0.4, -0.2) is 9.78 Å². The summed E-state index contributed by atoms with van der Waals surface area (Å²) >= 11 is 12.0. The van der Waals surface area contributed by atoms with Gasteiger partial charge in [-0.15, -0.1) is 0 Å². The van der Waals surface area contributed by atoms with Crippen LogP contribution in [0.15, 0.2) is 24.4 Å². The molecule has 2 N–H and O–H groups in total. The number of nitrogens with two attached hydrogens (primary N) is 1. The highest BCUT2D eigenvalue weighted by molar-refractivity contribution is 6.35. The first-order chi connectivity index (χ1) is 8.00. The molecule has 2 rings (SSSR count). The average Bonchev–Trinajstić information content (AvgIpc) is 2.59. The molecule has 0 spiro atoms. The van der Waals surface area contributed by atoms with E-state index in [4.69, 9.17) is 28.9 Å². The van der Waals surface area contributed by atoms with E-state index in [0.717, 1.165) is 11.1 Å². The van der Waals surface area contributed by atoms with Gasteiger partial charge in [0, 0.05) is 15.6 Å². The molecule has 0 fully saturated rings. The fourth-order valence-electron chi connectivity index (χ4n) is 1.74. The predicted octanol–water partition coefficient (Wildman–Crippen LogP) is 3.69. The Labute approximate surface area is 110 Å². The van der Waals surface area contributed by atoms with E-state index < -0.39 is 0 Å². The second-order valence-electron chi connectivity index (χ2n) is 4.00. The van der Waals surface area contributed by atoms with E-state index in [2.05, 4.69) is 5.10 Å². The van der Waals surface area contributed by atoms with Gasteiger partial charge in [0.25, 0.3) is 0 Å². The lowest BCUT2D eigenvalue weighted by Crippen LogP contribution is -2.12. The van der Waals surface area contributed by atoms with Crippen LogP contribution in [-0.2, 0) is 0 Å². The lowest BCUT2D eigenvalue weighted by Gasteiger charge is -2.16. The number of hydrogen-bond acceptors (Lipinski definition) is 2. The third-order valence-electron chi connectivity index (χ3n) is 2.81. The van der Waals surface area contributed by atoms with E-state index in [9.17, 15) is 0 Å². The Hall–Kier alpha value is -1.19. The number of halogens is 2. The van der Waals surface area contributed by atoms with Gasteiger partial charge >= 0.3 is 0 Å². The van der Waals surface area contributed by atoms with Gasteiger partial charge in [-0.25, -0.2) is 4.68 Å². The van der Waals surface area contributed by atoms with Crippen molar-refractivity contribution in [1.82, 2.24) is 9.78 Å². The SMILES string of the molecule is Cc1cnn(C(C)c2ccc(Cl)cc2Cl)c1N. The minimum atomic E-state index is -0.0199. The zero-order chi connectivity index (χ0) is 12.6. The van der Waals surface area contributed by atoms with Gasteiger partial charge in [-0.2, -0.15) is 5.10 Å². The molecule has 1 heterocycles. The summed E-state index contributed by atoms with van der Waals surface area (Å²) < 4.78 is 1.75. The molecular formula is C12H13Cl2N3. The molecule has 0 bridgehead atoms. The Morgan fingerprint density at radius 3 is 2.59 bits per heavy atom. The van der Waals surface area contributed by atoms with E-state index in [-0.39, 0.29) is 6.04 Å². The predicted molar refractivity (Wildman–Crippen MR) is 71.7 cm³/mol. The maximum absolute atomic E-state index is 6.17. The molecule has 0 aliphatic carbocycles. The van der Waals surface area contributed by atoms with Crippen molar-refractivity contribution in [3.8, 4) is 0 Å². The lowest BCUT2D eigenvalue weighted by molar-refractivity contribution is 0.573. The number of nitrogens with zero attached hydrogens (tertiary/aromatic N) is 2. The van der Waals surface area contributed by atoms with Crippen molar-refractivity contribution in [3.63, 3.8) is 0 Å². The Balaban J connectivity index is 2.43. The molecule has 0 aliphatic rings. The Morgan fingerprint density at radius 2 is 2.06 bits per heavy atom. The minimum absolute atomic E-state index is 0.0199. The molecule has 17 heavy (non-hydrogen) atoms. The van der Waals surface area contributed by atoms with Crippen molar-refractivity contribution in [3.05, 3.63) is 45.6 Å². The first kappa shape index (κ1) is 12.3. The molecule has 5 heteroatoms. The number of rotatable bonds is 2. The average molecular weight is 270 g/mol. The molecule has 0 saturated heterocycles. The summed E-state index contributed by atoms with van der Waals surface area (Å²) in [7, 11) is 0. The van der Waals surface area contributed by atoms with Crippen molar-refractivity contribution in [1.29, 1.82) is 0 Å². The maximum atomic E-state index is 6.17. The van der Waals surface area contributed by atoms with Crippen LogP contribution in [0, 0.1) is 6.92 Å². The van der Waals surface area contributed by atoms with Gasteiger partial charge in [0.15, 0.2) is 0 Å². The van der Waals surface area contributed by atoms with E-state index in [1.54, 1.807) is 16.9 Å². The standard InChI is InChI=1S/C12H13Cl2N3/c1-7-6-16-17(12(7)15)8(2)10-4-3-9(13)5-11(10)14/h3-6,8H,15H2,1-2H3. The van der Waals surface area contributed by atoms with Crippen molar-refractivity contribution in [2.75, 3.05) is 5.73 Å². The monoisotopic (exact) mass is 269 g/mol. The molecule has 3 nitrogen and oxygen atoms in total. The van der Waals surface area contributed by atoms with Crippen LogP contribution in [0.2, 0.25) is 10.0 Å². The van der Waals surface area contributed by atoms with Crippen LogP contribution in [0.5, 0.6) is 0 Å². The van der Waals surface area contributed by atoms with E-state index >= 15 is 0 Å². The van der Waals surface area contributed by atoms with Gasteiger partial charge in [-0.1, -0.05) is 29.3 Å². The van der Waals surface area contributed by atoms with Crippen LogP contribution >= 0.6 is 23.2 Å². The van der Waals surface area contributed by atoms with Gasteiger partial charge in [0.2, 0.25) is 0 Å². The summed E-state index contributed by atoms with van der Waals surface area (Å²) in [6.45, 7) is 3.92. The largest absolute Gasteiger partial charge is 0.384 e. The minimum Gasteiger partial charge on any atom is -0.384 e. The Morgan fingerprint density at radius 1 is 1.35 bits per heavy atom. The third kappa shape index (κ3) is 2.26. The molecule has 1 unspecified atom stereocenters. The van der Waals surface area contributed by atoms with Crippen LogP contribution in [0.25, 0.3) is 0 Å². The van der Waals surface area contributed by atoms with Gasteiger partial charge < -0.3 is 5.73 Å². The van der Waals surface area contributed by atoms with Crippen molar-refractivity contribution < 1.29 is 0 Å². The second-order valence-corrected chi connectivity index (χ2v) is 4.84. The van der Waals surface area contributed by atoms with Gasteiger partial charge in [-0.05, 0) is 31.5 Å².